The molecule has 0 bridgehead atoms. The van der Waals surface area contributed by atoms with E-state index in [0.29, 0.717) is 12.3 Å². The molecule has 3 nitrogen and oxygen atoms in total. The van der Waals surface area contributed by atoms with Crippen LogP contribution in [0.3, 0.4) is 0 Å². The third kappa shape index (κ3) is 4.91. The molecule has 0 aliphatic heterocycles. The van der Waals surface area contributed by atoms with Crippen LogP contribution < -0.4 is 0 Å². The number of hydrogen-bond acceptors (Lipinski definition) is 3. The van der Waals surface area contributed by atoms with Gasteiger partial charge in [0.25, 0.3) is 0 Å². The highest BCUT2D eigenvalue weighted by molar-refractivity contribution is 5.87. The van der Waals surface area contributed by atoms with Crippen molar-refractivity contribution < 1.29 is 9.53 Å². The lowest BCUT2D eigenvalue weighted by Gasteiger charge is -2.03. The van der Waals surface area contributed by atoms with Crippen LogP contribution in [0, 0.1) is 0 Å². The van der Waals surface area contributed by atoms with Gasteiger partial charge < -0.3 is 4.74 Å². The van der Waals surface area contributed by atoms with Gasteiger partial charge in [0.05, 0.1) is 6.61 Å². The normalized spacial score (nSPS) is 10.1. The number of aromatic nitrogens is 1. The molecule has 0 aromatic carbocycles. The number of carbonyl (C=O) groups excluding carboxylic acids is 1. The van der Waals surface area contributed by atoms with Crippen molar-refractivity contribution in [3.05, 3.63) is 30.1 Å². The maximum Gasteiger partial charge on any atom is 0.356 e. The highest BCUT2D eigenvalue weighted by atomic mass is 16.5. The molecule has 0 aliphatic carbocycles. The van der Waals surface area contributed by atoms with Crippen molar-refractivity contribution in [1.29, 1.82) is 0 Å². The summed E-state index contributed by atoms with van der Waals surface area (Å²) in [5.74, 6) is -0.323. The average Bonchev–Trinajstić information content (AvgIpc) is 2.34. The van der Waals surface area contributed by atoms with E-state index in [0.717, 1.165) is 12.8 Å². The lowest BCUT2D eigenvalue weighted by molar-refractivity contribution is 0.0491. The molecule has 0 saturated carbocycles. The molecule has 1 aromatic rings. The summed E-state index contributed by atoms with van der Waals surface area (Å²) >= 11 is 0. The summed E-state index contributed by atoms with van der Waals surface area (Å²) in [7, 11) is 0. The molecule has 0 atom stereocenters. The highest BCUT2D eigenvalue weighted by Gasteiger charge is 2.06. The van der Waals surface area contributed by atoms with Crippen LogP contribution in [0.5, 0.6) is 0 Å². The Kier molecular flexibility index (Phi) is 6.23. The topological polar surface area (TPSA) is 39.2 Å². The minimum atomic E-state index is -0.323. The van der Waals surface area contributed by atoms with Crippen LogP contribution in [0.2, 0.25) is 0 Å². The molecule has 0 spiro atoms. The minimum absolute atomic E-state index is 0.323. The Morgan fingerprint density at radius 3 is 2.75 bits per heavy atom. The first kappa shape index (κ1) is 12.7. The first-order chi connectivity index (χ1) is 7.84. The fourth-order valence-corrected chi connectivity index (χ4v) is 1.43. The van der Waals surface area contributed by atoms with Crippen LogP contribution in [-0.2, 0) is 4.74 Å². The fraction of sp³-hybridized carbons (Fsp3) is 0.538. The molecule has 0 saturated heterocycles. The van der Waals surface area contributed by atoms with E-state index in [9.17, 15) is 4.79 Å². The quantitative estimate of drug-likeness (QED) is 0.524. The summed E-state index contributed by atoms with van der Waals surface area (Å²) in [5.41, 5.74) is 0.385. The molecule has 0 radical (unpaired) electrons. The van der Waals surface area contributed by atoms with E-state index in [1.54, 1.807) is 24.4 Å². The number of carbonyl (C=O) groups is 1. The Bertz CT molecular complexity index is 298. The number of esters is 1. The zero-order valence-corrected chi connectivity index (χ0v) is 9.82. The number of unbranched alkanes of at least 4 members (excludes halogenated alkanes) is 4. The van der Waals surface area contributed by atoms with Crippen molar-refractivity contribution >= 4 is 5.97 Å². The molecule has 0 fully saturated rings. The van der Waals surface area contributed by atoms with Gasteiger partial charge in [-0.2, -0.15) is 0 Å². The highest BCUT2D eigenvalue weighted by Crippen LogP contribution is 2.03. The van der Waals surface area contributed by atoms with Gasteiger partial charge >= 0.3 is 5.97 Å². The maximum atomic E-state index is 11.4. The van der Waals surface area contributed by atoms with Crippen molar-refractivity contribution in [2.24, 2.45) is 0 Å². The van der Waals surface area contributed by atoms with Crippen molar-refractivity contribution in [2.75, 3.05) is 6.61 Å². The average molecular weight is 221 g/mol. The van der Waals surface area contributed by atoms with E-state index in [1.165, 1.54) is 19.3 Å². The van der Waals surface area contributed by atoms with Gasteiger partial charge in [-0.25, -0.2) is 9.78 Å². The number of rotatable bonds is 7. The van der Waals surface area contributed by atoms with Crippen molar-refractivity contribution in [3.8, 4) is 0 Å². The van der Waals surface area contributed by atoms with Gasteiger partial charge in [0.15, 0.2) is 0 Å². The third-order valence-corrected chi connectivity index (χ3v) is 2.36. The van der Waals surface area contributed by atoms with Gasteiger partial charge in [-0.3, -0.25) is 0 Å². The van der Waals surface area contributed by atoms with Gasteiger partial charge in [-0.1, -0.05) is 38.7 Å². The molecule has 1 rings (SSSR count). The van der Waals surface area contributed by atoms with Crippen LogP contribution in [0.15, 0.2) is 24.4 Å². The van der Waals surface area contributed by atoms with E-state index in [1.807, 2.05) is 0 Å². The van der Waals surface area contributed by atoms with Crippen molar-refractivity contribution in [2.45, 2.75) is 39.0 Å². The van der Waals surface area contributed by atoms with Crippen molar-refractivity contribution in [3.63, 3.8) is 0 Å². The van der Waals surface area contributed by atoms with E-state index < -0.39 is 0 Å². The summed E-state index contributed by atoms with van der Waals surface area (Å²) in [4.78, 5) is 15.4. The molecule has 0 N–H and O–H groups in total. The Balaban J connectivity index is 2.12. The smallest absolute Gasteiger partial charge is 0.356 e. The van der Waals surface area contributed by atoms with Crippen LogP contribution in [0.1, 0.15) is 49.5 Å². The lowest BCUT2D eigenvalue weighted by atomic mass is 10.2. The standard InChI is InChI=1S/C13H19NO2/c1-2-3-4-5-8-11-16-13(15)12-9-6-7-10-14-12/h6-7,9-10H,2-5,8,11H2,1H3. The fourth-order valence-electron chi connectivity index (χ4n) is 1.43. The zero-order chi connectivity index (χ0) is 11.6. The lowest BCUT2D eigenvalue weighted by Crippen LogP contribution is -2.07. The van der Waals surface area contributed by atoms with E-state index in [2.05, 4.69) is 11.9 Å². The Morgan fingerprint density at radius 1 is 1.25 bits per heavy atom. The van der Waals surface area contributed by atoms with Gasteiger partial charge in [-0.05, 0) is 18.6 Å². The molecule has 0 aliphatic rings. The monoisotopic (exact) mass is 221 g/mol. The second kappa shape index (κ2) is 7.85. The van der Waals surface area contributed by atoms with E-state index >= 15 is 0 Å². The Labute approximate surface area is 96.8 Å². The third-order valence-electron chi connectivity index (χ3n) is 2.36. The largest absolute Gasteiger partial charge is 0.461 e. The number of nitrogens with zero attached hydrogens (tertiary/aromatic N) is 1. The molecular formula is C13H19NO2. The zero-order valence-electron chi connectivity index (χ0n) is 9.82. The Hall–Kier alpha value is -1.38. The van der Waals surface area contributed by atoms with Gasteiger partial charge in [0.1, 0.15) is 5.69 Å². The molecule has 1 heterocycles. The molecule has 0 unspecified atom stereocenters. The van der Waals surface area contributed by atoms with Gasteiger partial charge in [0, 0.05) is 6.20 Å². The Morgan fingerprint density at radius 2 is 2.06 bits per heavy atom. The molecule has 1 aromatic heterocycles. The predicted molar refractivity (Wildman–Crippen MR) is 63.3 cm³/mol. The van der Waals surface area contributed by atoms with Crippen molar-refractivity contribution in [1.82, 2.24) is 4.98 Å². The second-order valence-electron chi connectivity index (χ2n) is 3.77. The molecule has 3 heteroatoms. The van der Waals surface area contributed by atoms with Crippen LogP contribution in [-0.4, -0.2) is 17.6 Å². The first-order valence-electron chi connectivity index (χ1n) is 5.92. The van der Waals surface area contributed by atoms with Crippen LogP contribution >= 0.6 is 0 Å². The molecule has 16 heavy (non-hydrogen) atoms. The van der Waals surface area contributed by atoms with Gasteiger partial charge in [-0.15, -0.1) is 0 Å². The number of pyridine rings is 1. The molecule has 0 amide bonds. The molecule has 88 valence electrons. The van der Waals surface area contributed by atoms with Gasteiger partial charge in [0.2, 0.25) is 0 Å². The van der Waals surface area contributed by atoms with E-state index in [-0.39, 0.29) is 5.97 Å². The minimum Gasteiger partial charge on any atom is -0.461 e. The number of hydrogen-bond donors (Lipinski definition) is 0. The summed E-state index contributed by atoms with van der Waals surface area (Å²) in [5, 5.41) is 0. The van der Waals surface area contributed by atoms with E-state index in [4.69, 9.17) is 4.74 Å². The summed E-state index contributed by atoms with van der Waals surface area (Å²) in [6.07, 6.45) is 7.37. The van der Waals surface area contributed by atoms with Crippen LogP contribution in [0.4, 0.5) is 0 Å². The number of ether oxygens (including phenoxy) is 1. The summed E-state index contributed by atoms with van der Waals surface area (Å²) < 4.78 is 5.11. The molecular weight excluding hydrogens is 202 g/mol. The SMILES string of the molecule is CCCCCCCOC(=O)c1ccccn1. The second-order valence-corrected chi connectivity index (χ2v) is 3.77. The summed E-state index contributed by atoms with van der Waals surface area (Å²) in [6, 6.07) is 5.23. The predicted octanol–water partition coefficient (Wildman–Crippen LogP) is 3.21. The van der Waals surface area contributed by atoms with Crippen LogP contribution in [0.25, 0.3) is 0 Å². The maximum absolute atomic E-state index is 11.4. The summed E-state index contributed by atoms with van der Waals surface area (Å²) in [6.45, 7) is 2.68. The first-order valence-corrected chi connectivity index (χ1v) is 5.92.